The van der Waals surface area contributed by atoms with Crippen molar-refractivity contribution in [3.8, 4) is 0 Å². The largest absolute Gasteiger partial charge is 0.382 e. The fraction of sp³-hybridized carbons (Fsp3) is 0.474. The van der Waals surface area contributed by atoms with Gasteiger partial charge in [0.1, 0.15) is 5.82 Å². The predicted octanol–water partition coefficient (Wildman–Crippen LogP) is 3.03. The molecule has 26 heavy (non-hydrogen) atoms. The first-order valence-electron chi connectivity index (χ1n) is 8.89. The van der Waals surface area contributed by atoms with Crippen LogP contribution in [0.15, 0.2) is 47.7 Å². The van der Waals surface area contributed by atoms with E-state index in [0.29, 0.717) is 6.54 Å². The number of hydrogen-bond donors (Lipinski definition) is 2. The molecule has 2 rings (SSSR count). The van der Waals surface area contributed by atoms with Gasteiger partial charge in [-0.15, -0.1) is 24.0 Å². The van der Waals surface area contributed by atoms with Crippen LogP contribution in [0.5, 0.6) is 0 Å². The van der Waals surface area contributed by atoms with Crippen LogP contribution in [0.3, 0.4) is 0 Å². The van der Waals surface area contributed by atoms with Gasteiger partial charge in [-0.25, -0.2) is 4.98 Å². The summed E-state index contributed by atoms with van der Waals surface area (Å²) in [6.45, 7) is 5.96. The number of nitrogens with zero attached hydrogens (tertiary/aromatic N) is 3. The fourth-order valence-corrected chi connectivity index (χ4v) is 2.49. The van der Waals surface area contributed by atoms with Gasteiger partial charge in [0.15, 0.2) is 5.96 Å². The molecule has 2 N–H and O–H groups in total. The third kappa shape index (κ3) is 8.18. The third-order valence-corrected chi connectivity index (χ3v) is 3.85. The van der Waals surface area contributed by atoms with Crippen LogP contribution in [0, 0.1) is 0 Å². The Morgan fingerprint density at radius 3 is 2.73 bits per heavy atom. The van der Waals surface area contributed by atoms with Crippen LogP contribution in [-0.4, -0.2) is 42.3 Å². The molecule has 6 nitrogen and oxygen atoms in total. The number of hydrogen-bond acceptors (Lipinski definition) is 3. The predicted molar refractivity (Wildman–Crippen MR) is 117 cm³/mol. The van der Waals surface area contributed by atoms with Gasteiger partial charge in [-0.1, -0.05) is 30.3 Å². The number of halogens is 1. The van der Waals surface area contributed by atoms with Gasteiger partial charge < -0.3 is 19.9 Å². The lowest BCUT2D eigenvalue weighted by Crippen LogP contribution is -2.38. The van der Waals surface area contributed by atoms with Gasteiger partial charge in [0.05, 0.1) is 6.54 Å². The Labute approximate surface area is 173 Å². The average Bonchev–Trinajstić information content (AvgIpc) is 3.08. The first-order valence-corrected chi connectivity index (χ1v) is 8.89. The van der Waals surface area contributed by atoms with Gasteiger partial charge in [-0.2, -0.15) is 0 Å². The maximum Gasteiger partial charge on any atom is 0.191 e. The highest BCUT2D eigenvalue weighted by Gasteiger charge is 2.05. The van der Waals surface area contributed by atoms with Gasteiger partial charge >= 0.3 is 0 Å². The number of aromatic nitrogens is 2. The molecule has 0 unspecified atom stereocenters. The summed E-state index contributed by atoms with van der Waals surface area (Å²) in [6.07, 6.45) is 5.96. The Morgan fingerprint density at radius 1 is 1.19 bits per heavy atom. The number of ether oxygens (including phenoxy) is 1. The summed E-state index contributed by atoms with van der Waals surface area (Å²) in [4.78, 5) is 8.71. The molecular weight excluding hydrogens is 441 g/mol. The van der Waals surface area contributed by atoms with Crippen LogP contribution in [0.2, 0.25) is 0 Å². The maximum absolute atomic E-state index is 5.34. The lowest BCUT2D eigenvalue weighted by Gasteiger charge is -2.13. The lowest BCUT2D eigenvalue weighted by molar-refractivity contribution is 0.143. The molecule has 0 amide bonds. The standard InChI is InChI=1S/C19H29N5O.HI/c1-3-25-14-8-7-11-22-19(20-2)23-15-18-21-12-13-24(18)16-17-9-5-4-6-10-17;/h4-6,9-10,12-13H,3,7-8,11,14-16H2,1-2H3,(H2,20,22,23);1H. The van der Waals surface area contributed by atoms with E-state index in [2.05, 4.69) is 49.4 Å². The first kappa shape index (κ1) is 22.4. The van der Waals surface area contributed by atoms with E-state index in [1.165, 1.54) is 5.56 Å². The van der Waals surface area contributed by atoms with E-state index in [1.807, 2.05) is 25.4 Å². The van der Waals surface area contributed by atoms with Crippen molar-refractivity contribution in [2.24, 2.45) is 4.99 Å². The highest BCUT2D eigenvalue weighted by molar-refractivity contribution is 14.0. The van der Waals surface area contributed by atoms with Crippen LogP contribution in [0.1, 0.15) is 31.2 Å². The molecule has 0 saturated heterocycles. The summed E-state index contributed by atoms with van der Waals surface area (Å²) >= 11 is 0. The number of unbranched alkanes of at least 4 members (excludes halogenated alkanes) is 1. The molecule has 0 aliphatic heterocycles. The second kappa shape index (κ2) is 13.6. The van der Waals surface area contributed by atoms with Gasteiger partial charge in [0.25, 0.3) is 0 Å². The molecule has 7 heteroatoms. The van der Waals surface area contributed by atoms with Crippen molar-refractivity contribution < 1.29 is 4.74 Å². The van der Waals surface area contributed by atoms with Gasteiger partial charge in [-0.05, 0) is 25.3 Å². The van der Waals surface area contributed by atoms with Crippen LogP contribution < -0.4 is 10.6 Å². The molecule has 1 aromatic carbocycles. The summed E-state index contributed by atoms with van der Waals surface area (Å²) < 4.78 is 7.49. The minimum Gasteiger partial charge on any atom is -0.382 e. The summed E-state index contributed by atoms with van der Waals surface area (Å²) in [5.74, 6) is 1.79. The van der Waals surface area contributed by atoms with E-state index >= 15 is 0 Å². The summed E-state index contributed by atoms with van der Waals surface area (Å²) in [7, 11) is 1.78. The number of aliphatic imine (C=N–C) groups is 1. The number of benzene rings is 1. The average molecular weight is 471 g/mol. The third-order valence-electron chi connectivity index (χ3n) is 3.85. The molecule has 0 atom stereocenters. The minimum atomic E-state index is 0. The Hall–Kier alpha value is -1.61. The number of rotatable bonds is 10. The molecular formula is C19H30IN5O. The van der Waals surface area contributed by atoms with Gasteiger partial charge in [-0.3, -0.25) is 4.99 Å². The van der Waals surface area contributed by atoms with Crippen molar-refractivity contribution in [1.82, 2.24) is 20.2 Å². The van der Waals surface area contributed by atoms with E-state index in [9.17, 15) is 0 Å². The first-order chi connectivity index (χ1) is 12.3. The Balaban J connectivity index is 0.00000338. The zero-order valence-corrected chi connectivity index (χ0v) is 18.0. The van der Waals surface area contributed by atoms with Crippen molar-refractivity contribution in [1.29, 1.82) is 0 Å². The second-order valence-corrected chi connectivity index (χ2v) is 5.71. The van der Waals surface area contributed by atoms with Crippen molar-refractivity contribution in [3.63, 3.8) is 0 Å². The molecule has 0 aliphatic carbocycles. The Morgan fingerprint density at radius 2 is 2.00 bits per heavy atom. The number of nitrogens with one attached hydrogen (secondary N) is 2. The Kier molecular flexibility index (Phi) is 11.7. The maximum atomic E-state index is 5.34. The zero-order valence-electron chi connectivity index (χ0n) is 15.6. The van der Waals surface area contributed by atoms with Crippen LogP contribution >= 0.6 is 24.0 Å². The van der Waals surface area contributed by atoms with Crippen LogP contribution in [-0.2, 0) is 17.8 Å². The van der Waals surface area contributed by atoms with E-state index in [4.69, 9.17) is 4.74 Å². The number of guanidine groups is 1. The quantitative estimate of drug-likeness (QED) is 0.242. The molecule has 2 aromatic rings. The van der Waals surface area contributed by atoms with Crippen LogP contribution in [0.4, 0.5) is 0 Å². The Bertz CT molecular complexity index is 630. The molecule has 144 valence electrons. The van der Waals surface area contributed by atoms with Crippen molar-refractivity contribution in [3.05, 3.63) is 54.1 Å². The van der Waals surface area contributed by atoms with Crippen LogP contribution in [0.25, 0.3) is 0 Å². The fourth-order valence-electron chi connectivity index (χ4n) is 2.49. The van der Waals surface area contributed by atoms with Crippen molar-refractivity contribution >= 4 is 29.9 Å². The summed E-state index contributed by atoms with van der Waals surface area (Å²) in [5.41, 5.74) is 1.26. The second-order valence-electron chi connectivity index (χ2n) is 5.71. The van der Waals surface area contributed by atoms with E-state index in [-0.39, 0.29) is 24.0 Å². The summed E-state index contributed by atoms with van der Waals surface area (Å²) in [5, 5.41) is 6.65. The molecule has 0 spiro atoms. The highest BCUT2D eigenvalue weighted by Crippen LogP contribution is 2.05. The van der Waals surface area contributed by atoms with E-state index in [1.54, 1.807) is 7.05 Å². The normalized spacial score (nSPS) is 11.1. The highest BCUT2D eigenvalue weighted by atomic mass is 127. The monoisotopic (exact) mass is 471 g/mol. The smallest absolute Gasteiger partial charge is 0.191 e. The van der Waals surface area contributed by atoms with E-state index < -0.39 is 0 Å². The van der Waals surface area contributed by atoms with Gasteiger partial charge in [0, 0.05) is 45.7 Å². The SMILES string of the molecule is CCOCCCCNC(=NC)NCc1nccn1Cc1ccccc1.I. The van der Waals surface area contributed by atoms with Crippen molar-refractivity contribution in [2.75, 3.05) is 26.8 Å². The molecule has 0 aliphatic rings. The molecule has 0 fully saturated rings. The molecule has 0 bridgehead atoms. The van der Waals surface area contributed by atoms with Gasteiger partial charge in [0.2, 0.25) is 0 Å². The summed E-state index contributed by atoms with van der Waals surface area (Å²) in [6, 6.07) is 10.4. The lowest BCUT2D eigenvalue weighted by atomic mass is 10.2. The number of imidazole rings is 1. The molecule has 0 radical (unpaired) electrons. The zero-order chi connectivity index (χ0) is 17.7. The molecule has 1 heterocycles. The molecule has 0 saturated carbocycles. The van der Waals surface area contributed by atoms with E-state index in [0.717, 1.165) is 50.9 Å². The topological polar surface area (TPSA) is 63.5 Å². The van der Waals surface area contributed by atoms with Crippen molar-refractivity contribution in [2.45, 2.75) is 32.9 Å². The minimum absolute atomic E-state index is 0. The molecule has 1 aromatic heterocycles.